The van der Waals surface area contributed by atoms with Crippen LogP contribution in [0.3, 0.4) is 0 Å². The Kier molecular flexibility index (Phi) is 3.63. The highest BCUT2D eigenvalue weighted by Gasteiger charge is 2.43. The molecular formula is C5H11Cl2NO2S. The maximum atomic E-state index is 11.0. The zero-order valence-corrected chi connectivity index (χ0v) is 8.27. The normalized spacial score (nSPS) is 37.5. The zero-order chi connectivity index (χ0) is 6.48. The summed E-state index contributed by atoms with van der Waals surface area (Å²) < 4.78 is 22.0. The summed E-state index contributed by atoms with van der Waals surface area (Å²) in [5, 5.41) is 3.08. The van der Waals surface area contributed by atoms with Crippen LogP contribution in [0.4, 0.5) is 0 Å². The second-order valence-corrected chi connectivity index (χ2v) is 5.12. The molecule has 2 rings (SSSR count). The third-order valence-electron chi connectivity index (χ3n) is 2.12. The van der Waals surface area contributed by atoms with Gasteiger partial charge in [0.1, 0.15) is 0 Å². The summed E-state index contributed by atoms with van der Waals surface area (Å²) in [6.07, 6.45) is 0.850. The molecule has 0 aliphatic carbocycles. The lowest BCUT2D eigenvalue weighted by Gasteiger charge is -2.10. The molecule has 0 spiro atoms. The summed E-state index contributed by atoms with van der Waals surface area (Å²) in [6, 6.07) is 0.278. The average Bonchev–Trinajstić information content (AvgIpc) is 2.19. The van der Waals surface area contributed by atoms with Crippen molar-refractivity contribution < 1.29 is 8.42 Å². The van der Waals surface area contributed by atoms with E-state index in [2.05, 4.69) is 5.32 Å². The number of hydrogen-bond donors (Lipinski definition) is 1. The molecular weight excluding hydrogens is 209 g/mol. The third-order valence-corrected chi connectivity index (χ3v) is 4.36. The molecule has 0 saturated carbocycles. The summed E-state index contributed by atoms with van der Waals surface area (Å²) >= 11 is 0. The summed E-state index contributed by atoms with van der Waals surface area (Å²) in [5.74, 6) is 0.373. The average molecular weight is 220 g/mol. The molecule has 6 heteroatoms. The maximum absolute atomic E-state index is 11.0. The van der Waals surface area contributed by atoms with Crippen LogP contribution >= 0.6 is 24.8 Å². The first-order chi connectivity index (χ1) is 4.18. The first-order valence-electron chi connectivity index (χ1n) is 3.13. The Labute approximate surface area is 78.7 Å². The van der Waals surface area contributed by atoms with Crippen molar-refractivity contribution in [1.29, 1.82) is 0 Å². The van der Waals surface area contributed by atoms with Crippen LogP contribution in [0.15, 0.2) is 0 Å². The van der Waals surface area contributed by atoms with Crippen molar-refractivity contribution in [1.82, 2.24) is 5.32 Å². The molecule has 2 fully saturated rings. The van der Waals surface area contributed by atoms with Crippen LogP contribution in [0, 0.1) is 0 Å². The number of nitrogens with one attached hydrogen (secondary N) is 1. The molecule has 0 aromatic carbocycles. The highest BCUT2D eigenvalue weighted by atomic mass is 35.5. The third kappa shape index (κ3) is 1.80. The number of halogens is 2. The van der Waals surface area contributed by atoms with Crippen molar-refractivity contribution in [3.05, 3.63) is 0 Å². The molecule has 11 heavy (non-hydrogen) atoms. The van der Waals surface area contributed by atoms with Gasteiger partial charge in [-0.05, 0) is 6.42 Å². The van der Waals surface area contributed by atoms with E-state index >= 15 is 0 Å². The molecule has 0 radical (unpaired) electrons. The van der Waals surface area contributed by atoms with Gasteiger partial charge in [-0.1, -0.05) is 0 Å². The van der Waals surface area contributed by atoms with E-state index in [-0.39, 0.29) is 36.1 Å². The van der Waals surface area contributed by atoms with Crippen LogP contribution in [0.5, 0.6) is 0 Å². The standard InChI is InChI=1S/C5H9NO2S.2ClH/c7-9(8)3-4-1-5(9)2-6-4;;/h4-6H,1-3H2;2*1H/t4-,5-;;/m1../s1. The molecule has 1 N–H and O–H groups in total. The van der Waals surface area contributed by atoms with Crippen molar-refractivity contribution in [3.63, 3.8) is 0 Å². The van der Waals surface area contributed by atoms with Gasteiger partial charge in [0.25, 0.3) is 0 Å². The van der Waals surface area contributed by atoms with Crippen molar-refractivity contribution >= 4 is 34.7 Å². The van der Waals surface area contributed by atoms with E-state index in [0.717, 1.165) is 6.42 Å². The van der Waals surface area contributed by atoms with Gasteiger partial charge in [0.05, 0.1) is 11.0 Å². The molecule has 0 unspecified atom stereocenters. The number of fused-ring (bicyclic) bond motifs is 2. The first kappa shape index (κ1) is 11.5. The predicted octanol–water partition coefficient (Wildman–Crippen LogP) is -0.0111. The van der Waals surface area contributed by atoms with Gasteiger partial charge < -0.3 is 5.32 Å². The van der Waals surface area contributed by atoms with Gasteiger partial charge in [0, 0.05) is 12.6 Å². The van der Waals surface area contributed by atoms with Crippen LogP contribution < -0.4 is 5.32 Å². The quantitative estimate of drug-likeness (QED) is 0.624. The number of sulfone groups is 1. The van der Waals surface area contributed by atoms with Crippen molar-refractivity contribution in [2.24, 2.45) is 0 Å². The molecule has 0 aromatic rings. The molecule has 2 aliphatic rings. The Bertz CT molecular complexity index is 229. The van der Waals surface area contributed by atoms with Gasteiger partial charge in [0.15, 0.2) is 9.84 Å². The summed E-state index contributed by atoms with van der Waals surface area (Å²) in [4.78, 5) is 0. The first-order valence-corrected chi connectivity index (χ1v) is 4.85. The lowest BCUT2D eigenvalue weighted by molar-refractivity contribution is 0.576. The largest absolute Gasteiger partial charge is 0.312 e. The molecule has 2 bridgehead atoms. The van der Waals surface area contributed by atoms with Gasteiger partial charge in [-0.2, -0.15) is 0 Å². The Morgan fingerprint density at radius 3 is 2.09 bits per heavy atom. The van der Waals surface area contributed by atoms with Crippen molar-refractivity contribution in [3.8, 4) is 0 Å². The van der Waals surface area contributed by atoms with Crippen LogP contribution in [0.25, 0.3) is 0 Å². The van der Waals surface area contributed by atoms with E-state index in [1.807, 2.05) is 0 Å². The van der Waals surface area contributed by atoms with Crippen molar-refractivity contribution in [2.75, 3.05) is 12.3 Å². The molecule has 68 valence electrons. The molecule has 2 aliphatic heterocycles. The smallest absolute Gasteiger partial charge is 0.155 e. The van der Waals surface area contributed by atoms with E-state index in [1.165, 1.54) is 0 Å². The molecule has 2 heterocycles. The number of hydrogen-bond acceptors (Lipinski definition) is 3. The topological polar surface area (TPSA) is 46.2 Å². The Hall–Kier alpha value is 0.490. The molecule has 3 nitrogen and oxygen atoms in total. The lowest BCUT2D eigenvalue weighted by Crippen LogP contribution is -2.35. The maximum Gasteiger partial charge on any atom is 0.155 e. The van der Waals surface area contributed by atoms with Crippen LogP contribution in [-0.4, -0.2) is 32.0 Å². The van der Waals surface area contributed by atoms with E-state index in [4.69, 9.17) is 0 Å². The second-order valence-electron chi connectivity index (χ2n) is 2.79. The number of rotatable bonds is 0. The Balaban J connectivity index is 0.000000500. The van der Waals surface area contributed by atoms with Gasteiger partial charge in [-0.25, -0.2) is 8.42 Å². The van der Waals surface area contributed by atoms with E-state index < -0.39 is 9.84 Å². The minimum Gasteiger partial charge on any atom is -0.312 e. The summed E-state index contributed by atoms with van der Waals surface area (Å²) in [5.41, 5.74) is 0. The molecule has 0 aromatic heterocycles. The molecule has 2 saturated heterocycles. The molecule has 2 atom stereocenters. The molecule has 0 amide bonds. The SMILES string of the molecule is Cl.Cl.O=S1(=O)C[C@H]2C[C@@H]1CN2. The van der Waals surface area contributed by atoms with Gasteiger partial charge >= 0.3 is 0 Å². The fourth-order valence-electron chi connectivity index (χ4n) is 1.60. The van der Waals surface area contributed by atoms with E-state index in [9.17, 15) is 8.42 Å². The van der Waals surface area contributed by atoms with E-state index in [0.29, 0.717) is 12.3 Å². The monoisotopic (exact) mass is 219 g/mol. The van der Waals surface area contributed by atoms with Gasteiger partial charge in [-0.15, -0.1) is 24.8 Å². The fraction of sp³-hybridized carbons (Fsp3) is 1.00. The fourth-order valence-corrected chi connectivity index (χ4v) is 3.56. The van der Waals surface area contributed by atoms with E-state index in [1.54, 1.807) is 0 Å². The van der Waals surface area contributed by atoms with Gasteiger partial charge in [-0.3, -0.25) is 0 Å². The van der Waals surface area contributed by atoms with Crippen LogP contribution in [0.2, 0.25) is 0 Å². The highest BCUT2D eigenvalue weighted by molar-refractivity contribution is 7.92. The second kappa shape index (κ2) is 3.47. The zero-order valence-electron chi connectivity index (χ0n) is 5.82. The minimum absolute atomic E-state index is 0. The Morgan fingerprint density at radius 1 is 1.27 bits per heavy atom. The van der Waals surface area contributed by atoms with Crippen molar-refractivity contribution in [2.45, 2.75) is 17.7 Å². The minimum atomic E-state index is -2.65. The highest BCUT2D eigenvalue weighted by Crippen LogP contribution is 2.25. The summed E-state index contributed by atoms with van der Waals surface area (Å²) in [6.45, 7) is 0.688. The summed E-state index contributed by atoms with van der Waals surface area (Å²) in [7, 11) is -2.65. The Morgan fingerprint density at radius 2 is 1.91 bits per heavy atom. The van der Waals surface area contributed by atoms with Crippen LogP contribution in [-0.2, 0) is 9.84 Å². The van der Waals surface area contributed by atoms with Crippen LogP contribution in [0.1, 0.15) is 6.42 Å². The predicted molar refractivity (Wildman–Crippen MR) is 48.5 cm³/mol. The lowest BCUT2D eigenvalue weighted by atomic mass is 10.3. The van der Waals surface area contributed by atoms with Gasteiger partial charge in [0.2, 0.25) is 0 Å².